The number of hydrogen-bond donors (Lipinski definition) is 7. The highest BCUT2D eigenvalue weighted by Gasteiger charge is 2.21. The Morgan fingerprint density at radius 2 is 1.79 bits per heavy atom. The van der Waals surface area contributed by atoms with E-state index >= 15 is 8.78 Å². The maximum atomic E-state index is 15.4. The Morgan fingerprint density at radius 3 is 2.52 bits per heavy atom. The highest BCUT2D eigenvalue weighted by Crippen LogP contribution is 2.33. The van der Waals surface area contributed by atoms with Crippen LogP contribution in [0.15, 0.2) is 67.3 Å². The summed E-state index contributed by atoms with van der Waals surface area (Å²) in [6.45, 7) is 2.75. The van der Waals surface area contributed by atoms with Crippen molar-refractivity contribution in [1.82, 2.24) is 35.3 Å². The second-order valence-electron chi connectivity index (χ2n) is 11.5. The number of aryl methyl sites for hydroxylation is 1. The second kappa shape index (κ2) is 17.0. The first-order valence-electron chi connectivity index (χ1n) is 16.4. The van der Waals surface area contributed by atoms with Gasteiger partial charge in [-0.05, 0) is 61.2 Å². The Balaban J connectivity index is 1.22. The minimum atomic E-state index is -1.19. The predicted molar refractivity (Wildman–Crippen MR) is 191 cm³/mol. The van der Waals surface area contributed by atoms with E-state index in [0.29, 0.717) is 54.3 Å². The molecule has 272 valence electrons. The van der Waals surface area contributed by atoms with E-state index in [1.54, 1.807) is 28.8 Å². The van der Waals surface area contributed by atoms with Crippen LogP contribution in [-0.2, 0) is 11.2 Å². The molecule has 0 unspecified atom stereocenters. The summed E-state index contributed by atoms with van der Waals surface area (Å²) in [5.74, 6) is -2.51. The minimum absolute atomic E-state index is 0.0399. The van der Waals surface area contributed by atoms with E-state index in [4.69, 9.17) is 26.4 Å². The van der Waals surface area contributed by atoms with Crippen LogP contribution in [0.4, 0.5) is 20.3 Å². The smallest absolute Gasteiger partial charge is 0.251 e. The van der Waals surface area contributed by atoms with Gasteiger partial charge in [-0.3, -0.25) is 19.4 Å². The summed E-state index contributed by atoms with van der Waals surface area (Å²) in [6, 6.07) is 10.3. The maximum Gasteiger partial charge on any atom is 0.251 e. The van der Waals surface area contributed by atoms with Gasteiger partial charge in [-0.2, -0.15) is 4.39 Å². The number of pyridine rings is 1. The average molecular weight is 716 g/mol. The zero-order valence-corrected chi connectivity index (χ0v) is 28.5. The number of imidazole rings is 1. The lowest BCUT2D eigenvalue weighted by atomic mass is 10.0. The number of hydrogen-bond acceptors (Lipinski definition) is 10. The topological polar surface area (TPSA) is 220 Å². The molecule has 1 atom stereocenters. The lowest BCUT2D eigenvalue weighted by molar-refractivity contribution is -0.122. The molecule has 3 heterocycles. The van der Waals surface area contributed by atoms with Crippen LogP contribution in [0.3, 0.4) is 0 Å². The lowest BCUT2D eigenvalue weighted by Gasteiger charge is -2.14. The number of rotatable bonds is 16. The van der Waals surface area contributed by atoms with Gasteiger partial charge in [-0.1, -0.05) is 6.92 Å². The van der Waals surface area contributed by atoms with E-state index in [0.717, 1.165) is 5.56 Å². The molecule has 0 aliphatic heterocycles. The normalized spacial score (nSPS) is 11.5. The van der Waals surface area contributed by atoms with Crippen molar-refractivity contribution < 1.29 is 27.8 Å². The molecule has 3 aromatic heterocycles. The molecule has 0 bridgehead atoms. The van der Waals surface area contributed by atoms with Crippen LogP contribution in [0.2, 0.25) is 0 Å². The molecule has 2 aromatic carbocycles. The molecule has 17 heteroatoms. The van der Waals surface area contributed by atoms with Crippen molar-refractivity contribution in [2.24, 2.45) is 11.5 Å². The molecule has 0 spiro atoms. The summed E-state index contributed by atoms with van der Waals surface area (Å²) < 4.78 is 42.7. The Hall–Kier alpha value is -6.36. The lowest BCUT2D eigenvalue weighted by Crippen LogP contribution is -2.44. The highest BCUT2D eigenvalue weighted by molar-refractivity contribution is 5.96. The number of halogens is 2. The third-order valence-electron chi connectivity index (χ3n) is 7.96. The number of aromatic nitrogens is 4. The van der Waals surface area contributed by atoms with E-state index in [1.165, 1.54) is 43.9 Å². The van der Waals surface area contributed by atoms with Crippen molar-refractivity contribution >= 4 is 34.9 Å². The van der Waals surface area contributed by atoms with Gasteiger partial charge in [0.1, 0.15) is 5.75 Å². The first kappa shape index (κ1) is 36.9. The molecule has 0 saturated carbocycles. The van der Waals surface area contributed by atoms with Crippen molar-refractivity contribution in [1.29, 1.82) is 5.41 Å². The summed E-state index contributed by atoms with van der Waals surface area (Å²) in [7, 11) is 1.48. The molecule has 9 N–H and O–H groups in total. The van der Waals surface area contributed by atoms with Gasteiger partial charge in [0, 0.05) is 54.9 Å². The van der Waals surface area contributed by atoms with Gasteiger partial charge in [0.2, 0.25) is 17.6 Å². The van der Waals surface area contributed by atoms with Gasteiger partial charge in [0.15, 0.2) is 29.0 Å². The van der Waals surface area contributed by atoms with Gasteiger partial charge < -0.3 is 42.2 Å². The van der Waals surface area contributed by atoms with Crippen molar-refractivity contribution in [3.63, 3.8) is 0 Å². The molecule has 0 aliphatic carbocycles. The van der Waals surface area contributed by atoms with E-state index in [1.807, 2.05) is 13.0 Å². The molecular formula is C35H39F2N11O4. The number of carbonyl (C=O) groups excluding carboxylic acids is 2. The van der Waals surface area contributed by atoms with E-state index in [2.05, 4.69) is 36.2 Å². The van der Waals surface area contributed by atoms with E-state index < -0.39 is 17.7 Å². The van der Waals surface area contributed by atoms with Crippen molar-refractivity contribution in [2.45, 2.75) is 32.2 Å². The van der Waals surface area contributed by atoms with Crippen LogP contribution < -0.4 is 42.2 Å². The largest absolute Gasteiger partial charge is 0.495 e. The zero-order chi connectivity index (χ0) is 37.2. The van der Waals surface area contributed by atoms with Crippen LogP contribution in [0, 0.1) is 17.0 Å². The number of nitrogens with two attached hydrogens (primary N) is 2. The number of benzene rings is 2. The third kappa shape index (κ3) is 8.86. The molecule has 15 nitrogen and oxygen atoms in total. The molecular weight excluding hydrogens is 676 g/mol. The number of nitrogens with one attached hydrogen (secondary N) is 5. The monoisotopic (exact) mass is 715 g/mol. The quantitative estimate of drug-likeness (QED) is 0.0444. The zero-order valence-electron chi connectivity index (χ0n) is 28.5. The standard InChI is InChI=1S/C35H39F2N11O4/c1-3-20-17-21(6-8-23(20)33(49)42-13-14-43-34(50)25(38)5-4-12-44-35(39)40)47-31-32-46-19-26(48(32)16-15-41-31)24-9-10-27(30(37)29(24)36)52-28-11-7-22(51-2)18-45-28/h6-11,15-19,25H,3-5,12-14,38H2,1-2H3,(H,41,47)(H,42,49)(H,43,50)(H4,39,40,44)/t25-/m1/s1. The first-order chi connectivity index (χ1) is 25.1. The number of ether oxygens (including phenoxy) is 2. The summed E-state index contributed by atoms with van der Waals surface area (Å²) >= 11 is 0. The van der Waals surface area contributed by atoms with Crippen LogP contribution in [-0.4, -0.2) is 69.9 Å². The van der Waals surface area contributed by atoms with Gasteiger partial charge in [-0.15, -0.1) is 0 Å². The number of amides is 2. The number of fused-ring (bicyclic) bond motifs is 1. The van der Waals surface area contributed by atoms with Gasteiger partial charge in [0.25, 0.3) is 5.91 Å². The molecule has 5 aromatic rings. The average Bonchev–Trinajstić information content (AvgIpc) is 3.58. The fraction of sp³-hybridized carbons (Fsp3) is 0.257. The number of guanidine groups is 1. The second-order valence-corrected chi connectivity index (χ2v) is 11.5. The fourth-order valence-corrected chi connectivity index (χ4v) is 5.26. The SMILES string of the molecule is CCc1cc(Nc2nccn3c(-c4ccc(Oc5ccc(OC)cn5)c(F)c4F)cnc23)ccc1C(=O)NCCNC(=O)[C@H](N)CCCNC(=N)N. The first-order valence-corrected chi connectivity index (χ1v) is 16.4. The van der Waals surface area contributed by atoms with Crippen LogP contribution in [0.25, 0.3) is 16.9 Å². The number of methoxy groups -OCH3 is 1. The molecule has 0 saturated heterocycles. The third-order valence-corrected chi connectivity index (χ3v) is 7.96. The minimum Gasteiger partial charge on any atom is -0.495 e. The highest BCUT2D eigenvalue weighted by atomic mass is 19.2. The van der Waals surface area contributed by atoms with E-state index in [9.17, 15) is 9.59 Å². The summed E-state index contributed by atoms with van der Waals surface area (Å²) in [6.07, 6.45) is 7.44. The Morgan fingerprint density at radius 1 is 0.981 bits per heavy atom. The predicted octanol–water partition coefficient (Wildman–Crippen LogP) is 3.61. The number of carbonyl (C=O) groups is 2. The molecule has 2 amide bonds. The van der Waals surface area contributed by atoms with Gasteiger partial charge in [-0.25, -0.2) is 19.3 Å². The summed E-state index contributed by atoms with van der Waals surface area (Å²) in [5, 5.41) is 18.5. The molecule has 0 fully saturated rings. The summed E-state index contributed by atoms with van der Waals surface area (Å²) in [5.41, 5.74) is 13.6. The molecule has 5 rings (SSSR count). The van der Waals surface area contributed by atoms with E-state index in [-0.39, 0.29) is 53.8 Å². The van der Waals surface area contributed by atoms with Crippen LogP contribution in [0.1, 0.15) is 35.7 Å². The van der Waals surface area contributed by atoms with Crippen molar-refractivity contribution in [2.75, 3.05) is 32.1 Å². The van der Waals surface area contributed by atoms with Crippen molar-refractivity contribution in [3.05, 3.63) is 90.0 Å². The molecule has 0 radical (unpaired) electrons. The summed E-state index contributed by atoms with van der Waals surface area (Å²) in [4.78, 5) is 38.1. The van der Waals surface area contributed by atoms with Crippen molar-refractivity contribution in [3.8, 4) is 28.6 Å². The number of anilines is 2. The van der Waals surface area contributed by atoms with Crippen LogP contribution >= 0.6 is 0 Å². The Labute approximate surface area is 297 Å². The fourth-order valence-electron chi connectivity index (χ4n) is 5.26. The van der Waals surface area contributed by atoms with Gasteiger partial charge in [0.05, 0.1) is 31.2 Å². The molecule has 52 heavy (non-hydrogen) atoms. The number of nitrogens with zero attached hydrogens (tertiary/aromatic N) is 4. The van der Waals surface area contributed by atoms with Crippen LogP contribution in [0.5, 0.6) is 17.4 Å². The Kier molecular flexibility index (Phi) is 12.1. The van der Waals surface area contributed by atoms with Gasteiger partial charge >= 0.3 is 0 Å². The Bertz CT molecular complexity index is 2060. The maximum absolute atomic E-state index is 15.4. The molecule has 0 aliphatic rings.